The van der Waals surface area contributed by atoms with Crippen molar-refractivity contribution in [3.05, 3.63) is 23.0 Å². The smallest absolute Gasteiger partial charge is 0.333 e. The van der Waals surface area contributed by atoms with E-state index in [1.54, 1.807) is 13.8 Å². The van der Waals surface area contributed by atoms with Crippen molar-refractivity contribution in [1.82, 2.24) is 4.98 Å². The monoisotopic (exact) mass is 211 g/mol. The van der Waals surface area contributed by atoms with E-state index in [2.05, 4.69) is 4.98 Å². The lowest BCUT2D eigenvalue weighted by atomic mass is 9.77. The number of H-pyrrole nitrogens is 1. The van der Waals surface area contributed by atoms with E-state index in [4.69, 9.17) is 5.11 Å². The third kappa shape index (κ3) is 1.90. The minimum absolute atomic E-state index is 0.792. The summed E-state index contributed by atoms with van der Waals surface area (Å²) in [5.74, 6) is -1.19. The number of aromatic nitrogens is 1. The first-order valence-corrected chi connectivity index (χ1v) is 4.84. The number of aliphatic hydroxyl groups excluding tert-OH is 1. The van der Waals surface area contributed by atoms with Crippen LogP contribution in [0.4, 0.5) is 0 Å². The van der Waals surface area contributed by atoms with Crippen molar-refractivity contribution in [3.63, 3.8) is 0 Å². The molecule has 0 aliphatic carbocycles. The second-order valence-corrected chi connectivity index (χ2v) is 4.43. The van der Waals surface area contributed by atoms with Gasteiger partial charge in [0.05, 0.1) is 0 Å². The molecule has 1 unspecified atom stereocenters. The molecule has 0 saturated carbocycles. The second kappa shape index (κ2) is 3.70. The molecule has 0 aromatic carbocycles. The van der Waals surface area contributed by atoms with Crippen molar-refractivity contribution in [1.29, 1.82) is 0 Å². The number of carbonyl (C=O) groups is 1. The second-order valence-electron chi connectivity index (χ2n) is 4.43. The Bertz CT molecular complexity index is 360. The number of aliphatic carboxylic acids is 1. The van der Waals surface area contributed by atoms with Crippen LogP contribution in [-0.4, -0.2) is 27.3 Å². The molecule has 0 fully saturated rings. The van der Waals surface area contributed by atoms with E-state index in [0.717, 1.165) is 16.8 Å². The van der Waals surface area contributed by atoms with Crippen molar-refractivity contribution in [2.24, 2.45) is 0 Å². The number of hydrogen-bond acceptors (Lipinski definition) is 2. The quantitative estimate of drug-likeness (QED) is 0.706. The van der Waals surface area contributed by atoms with E-state index in [0.29, 0.717) is 0 Å². The molecule has 1 rings (SSSR count). The molecule has 0 spiro atoms. The maximum absolute atomic E-state index is 10.8. The van der Waals surface area contributed by atoms with Crippen LogP contribution in [0.3, 0.4) is 0 Å². The van der Waals surface area contributed by atoms with Crippen molar-refractivity contribution < 1.29 is 15.0 Å². The summed E-state index contributed by atoms with van der Waals surface area (Å²) in [4.78, 5) is 13.8. The predicted octanol–water partition coefficient (Wildman–Crippen LogP) is 1.35. The van der Waals surface area contributed by atoms with Crippen LogP contribution in [-0.2, 0) is 10.2 Å². The van der Waals surface area contributed by atoms with Gasteiger partial charge in [0, 0.05) is 17.3 Å². The van der Waals surface area contributed by atoms with E-state index in [1.165, 1.54) is 0 Å². The molecular formula is C11H17NO3. The minimum Gasteiger partial charge on any atom is -0.479 e. The van der Waals surface area contributed by atoms with Gasteiger partial charge in [-0.1, -0.05) is 13.8 Å². The van der Waals surface area contributed by atoms with Crippen LogP contribution in [0.2, 0.25) is 0 Å². The first kappa shape index (κ1) is 11.8. The Hall–Kier alpha value is -1.29. The van der Waals surface area contributed by atoms with E-state index in [1.807, 2.05) is 20.0 Å². The molecule has 0 bridgehead atoms. The van der Waals surface area contributed by atoms with Crippen LogP contribution in [0, 0.1) is 13.8 Å². The van der Waals surface area contributed by atoms with Gasteiger partial charge in [-0.25, -0.2) is 4.79 Å². The Morgan fingerprint density at radius 1 is 1.47 bits per heavy atom. The largest absolute Gasteiger partial charge is 0.479 e. The molecule has 0 radical (unpaired) electrons. The van der Waals surface area contributed by atoms with Gasteiger partial charge >= 0.3 is 5.97 Å². The van der Waals surface area contributed by atoms with Gasteiger partial charge in [0.1, 0.15) is 0 Å². The maximum atomic E-state index is 10.8. The average Bonchev–Trinajstić information content (AvgIpc) is 2.44. The molecule has 1 heterocycles. The molecule has 0 saturated heterocycles. The summed E-state index contributed by atoms with van der Waals surface area (Å²) in [5.41, 5.74) is 1.95. The zero-order valence-corrected chi connectivity index (χ0v) is 9.46. The number of carboxylic acids is 1. The van der Waals surface area contributed by atoms with Gasteiger partial charge in [-0.3, -0.25) is 0 Å². The summed E-state index contributed by atoms with van der Waals surface area (Å²) in [7, 11) is 0. The Kier molecular flexibility index (Phi) is 2.90. The van der Waals surface area contributed by atoms with Gasteiger partial charge in [-0.2, -0.15) is 0 Å². The van der Waals surface area contributed by atoms with Crippen LogP contribution < -0.4 is 0 Å². The molecule has 0 aliphatic rings. The van der Waals surface area contributed by atoms with Crippen molar-refractivity contribution in [2.45, 2.75) is 39.2 Å². The average molecular weight is 211 g/mol. The molecule has 84 valence electrons. The third-order valence-corrected chi connectivity index (χ3v) is 2.84. The lowest BCUT2D eigenvalue weighted by Gasteiger charge is -2.29. The molecule has 1 aromatic rings. The number of hydrogen-bond donors (Lipinski definition) is 3. The summed E-state index contributed by atoms with van der Waals surface area (Å²) in [6.45, 7) is 7.23. The van der Waals surface area contributed by atoms with E-state index < -0.39 is 17.5 Å². The number of aryl methyl sites for hydroxylation is 2. The fourth-order valence-electron chi connectivity index (χ4n) is 2.09. The van der Waals surface area contributed by atoms with Gasteiger partial charge in [-0.15, -0.1) is 0 Å². The predicted molar refractivity (Wildman–Crippen MR) is 56.9 cm³/mol. The Labute approximate surface area is 88.9 Å². The van der Waals surface area contributed by atoms with Crippen molar-refractivity contribution in [2.75, 3.05) is 0 Å². The van der Waals surface area contributed by atoms with Crippen LogP contribution in [0.15, 0.2) is 6.20 Å². The first-order valence-electron chi connectivity index (χ1n) is 4.84. The summed E-state index contributed by atoms with van der Waals surface area (Å²) in [5, 5.41) is 18.5. The molecule has 1 atom stereocenters. The zero-order valence-electron chi connectivity index (χ0n) is 9.46. The number of rotatable bonds is 3. The molecule has 0 aliphatic heterocycles. The van der Waals surface area contributed by atoms with Crippen LogP contribution in [0.1, 0.15) is 30.7 Å². The van der Waals surface area contributed by atoms with E-state index in [-0.39, 0.29) is 0 Å². The standard InChI is InChI=1S/C11H17NO3/c1-6-5-12-7(2)8(6)11(3,4)9(13)10(14)15/h5,9,12-13H,1-4H3,(H,14,15). The topological polar surface area (TPSA) is 73.3 Å². The van der Waals surface area contributed by atoms with Crippen molar-refractivity contribution >= 4 is 5.97 Å². The van der Waals surface area contributed by atoms with Gasteiger partial charge in [-0.05, 0) is 25.0 Å². The SMILES string of the molecule is Cc1c[nH]c(C)c1C(C)(C)C(O)C(=O)O. The van der Waals surface area contributed by atoms with Crippen molar-refractivity contribution in [3.8, 4) is 0 Å². The number of aliphatic hydroxyl groups is 1. The Morgan fingerprint density at radius 3 is 2.33 bits per heavy atom. The van der Waals surface area contributed by atoms with Gasteiger partial charge in [0.2, 0.25) is 0 Å². The summed E-state index contributed by atoms with van der Waals surface area (Å²) in [6.07, 6.45) is 0.423. The van der Waals surface area contributed by atoms with Crippen LogP contribution in [0.5, 0.6) is 0 Å². The molecule has 0 amide bonds. The number of nitrogens with one attached hydrogen (secondary N) is 1. The highest BCUT2D eigenvalue weighted by molar-refractivity contribution is 5.74. The first-order chi connectivity index (χ1) is 6.78. The highest BCUT2D eigenvalue weighted by Crippen LogP contribution is 2.32. The highest BCUT2D eigenvalue weighted by atomic mass is 16.4. The van der Waals surface area contributed by atoms with Gasteiger partial charge in [0.25, 0.3) is 0 Å². The Balaban J connectivity index is 3.21. The zero-order chi connectivity index (χ0) is 11.8. The highest BCUT2D eigenvalue weighted by Gasteiger charge is 2.37. The summed E-state index contributed by atoms with van der Waals surface area (Å²) in [6, 6.07) is 0. The molecule has 1 aromatic heterocycles. The normalized spacial score (nSPS) is 13.9. The van der Waals surface area contributed by atoms with Crippen LogP contribution >= 0.6 is 0 Å². The number of carboxylic acid groups (broad SMARTS) is 1. The minimum atomic E-state index is -1.40. The number of aromatic amines is 1. The fourth-order valence-corrected chi connectivity index (χ4v) is 2.09. The van der Waals surface area contributed by atoms with E-state index >= 15 is 0 Å². The van der Waals surface area contributed by atoms with Gasteiger partial charge in [0.15, 0.2) is 6.10 Å². The van der Waals surface area contributed by atoms with E-state index in [9.17, 15) is 9.90 Å². The molecule has 4 nitrogen and oxygen atoms in total. The Morgan fingerprint density at radius 2 is 2.00 bits per heavy atom. The van der Waals surface area contributed by atoms with Crippen LogP contribution in [0.25, 0.3) is 0 Å². The molecule has 15 heavy (non-hydrogen) atoms. The molecule has 3 N–H and O–H groups in total. The lowest BCUT2D eigenvalue weighted by molar-refractivity contribution is -0.150. The van der Waals surface area contributed by atoms with Gasteiger partial charge < -0.3 is 15.2 Å². The fraction of sp³-hybridized carbons (Fsp3) is 0.545. The molecule has 4 heteroatoms. The maximum Gasteiger partial charge on any atom is 0.333 e. The lowest BCUT2D eigenvalue weighted by Crippen LogP contribution is -2.40. The summed E-state index contributed by atoms with van der Waals surface area (Å²) < 4.78 is 0. The summed E-state index contributed by atoms with van der Waals surface area (Å²) >= 11 is 0. The third-order valence-electron chi connectivity index (χ3n) is 2.84. The molecular weight excluding hydrogens is 194 g/mol.